The van der Waals surface area contributed by atoms with Crippen molar-refractivity contribution in [1.82, 2.24) is 9.97 Å². The Balaban J connectivity index is 2.33. The number of aryl methyl sites for hydroxylation is 1. The maximum Gasteiger partial charge on any atom is 0.354 e. The smallest absolute Gasteiger partial charge is 0.354 e. The largest absolute Gasteiger partial charge is 0.477 e. The Bertz CT molecular complexity index is 671. The van der Waals surface area contributed by atoms with Crippen LogP contribution < -0.4 is 5.32 Å². The molecule has 2 N–H and O–H groups in total. The first-order valence-corrected chi connectivity index (χ1v) is 7.42. The van der Waals surface area contributed by atoms with Crippen molar-refractivity contribution in [1.29, 1.82) is 0 Å². The van der Waals surface area contributed by atoms with Crippen molar-refractivity contribution in [3.05, 3.63) is 53.0 Å². The van der Waals surface area contributed by atoms with Gasteiger partial charge in [0.2, 0.25) is 0 Å². The van der Waals surface area contributed by atoms with Gasteiger partial charge in [0.15, 0.2) is 5.69 Å². The minimum atomic E-state index is -1.04. The van der Waals surface area contributed by atoms with Crippen LogP contribution in [0.25, 0.3) is 0 Å². The van der Waals surface area contributed by atoms with Gasteiger partial charge in [-0.2, -0.15) is 0 Å². The van der Waals surface area contributed by atoms with Crippen molar-refractivity contribution in [2.45, 2.75) is 39.7 Å². The highest BCUT2D eigenvalue weighted by Gasteiger charge is 2.12. The van der Waals surface area contributed by atoms with Crippen LogP contribution in [0, 0.1) is 6.92 Å². The molecule has 2 aromatic rings. The van der Waals surface area contributed by atoms with E-state index in [0.29, 0.717) is 18.1 Å². The summed E-state index contributed by atoms with van der Waals surface area (Å²) >= 11 is 0. The van der Waals surface area contributed by atoms with E-state index < -0.39 is 5.97 Å². The Labute approximate surface area is 130 Å². The maximum atomic E-state index is 11.3. The third kappa shape index (κ3) is 4.04. The van der Waals surface area contributed by atoms with E-state index >= 15 is 0 Å². The van der Waals surface area contributed by atoms with Gasteiger partial charge in [0, 0.05) is 18.5 Å². The fourth-order valence-electron chi connectivity index (χ4n) is 2.09. The molecule has 1 aromatic carbocycles. The number of benzene rings is 1. The highest BCUT2D eigenvalue weighted by Crippen LogP contribution is 2.15. The molecule has 1 heterocycles. The molecule has 0 spiro atoms. The molecule has 5 heteroatoms. The van der Waals surface area contributed by atoms with Crippen LogP contribution in [0.1, 0.15) is 47.7 Å². The average Bonchev–Trinajstić information content (AvgIpc) is 2.49. The zero-order valence-corrected chi connectivity index (χ0v) is 13.1. The SMILES string of the molecule is CCC(C)Nc1cc(C(=O)O)nc(Cc2ccccc2C)n1. The van der Waals surface area contributed by atoms with E-state index in [9.17, 15) is 9.90 Å². The number of carbonyl (C=O) groups is 1. The Hall–Kier alpha value is -2.43. The third-order valence-corrected chi connectivity index (χ3v) is 3.61. The lowest BCUT2D eigenvalue weighted by molar-refractivity contribution is 0.0690. The van der Waals surface area contributed by atoms with E-state index in [0.717, 1.165) is 17.5 Å². The third-order valence-electron chi connectivity index (χ3n) is 3.61. The van der Waals surface area contributed by atoms with Gasteiger partial charge in [-0.25, -0.2) is 14.8 Å². The van der Waals surface area contributed by atoms with Crippen molar-refractivity contribution >= 4 is 11.8 Å². The number of hydrogen-bond donors (Lipinski definition) is 2. The molecule has 0 fully saturated rings. The lowest BCUT2D eigenvalue weighted by Gasteiger charge is -2.13. The Morgan fingerprint density at radius 2 is 2.05 bits per heavy atom. The lowest BCUT2D eigenvalue weighted by Crippen LogP contribution is -2.17. The van der Waals surface area contributed by atoms with Gasteiger partial charge in [-0.3, -0.25) is 0 Å². The lowest BCUT2D eigenvalue weighted by atomic mass is 10.1. The molecule has 116 valence electrons. The number of carboxylic acid groups (broad SMARTS) is 1. The van der Waals surface area contributed by atoms with Gasteiger partial charge >= 0.3 is 5.97 Å². The quantitative estimate of drug-likeness (QED) is 0.856. The second kappa shape index (κ2) is 7.02. The summed E-state index contributed by atoms with van der Waals surface area (Å²) in [5.74, 6) is 0.0333. The summed E-state index contributed by atoms with van der Waals surface area (Å²) in [5.41, 5.74) is 2.26. The maximum absolute atomic E-state index is 11.3. The van der Waals surface area contributed by atoms with Crippen LogP contribution in [-0.4, -0.2) is 27.1 Å². The molecular weight excluding hydrogens is 278 g/mol. The molecule has 0 bridgehead atoms. The van der Waals surface area contributed by atoms with Gasteiger partial charge in [0.05, 0.1) is 0 Å². The number of nitrogens with one attached hydrogen (secondary N) is 1. The summed E-state index contributed by atoms with van der Waals surface area (Å²) in [6.45, 7) is 6.11. The van der Waals surface area contributed by atoms with Crippen LogP contribution in [0.4, 0.5) is 5.82 Å². The van der Waals surface area contributed by atoms with Crippen LogP contribution in [0.3, 0.4) is 0 Å². The summed E-state index contributed by atoms with van der Waals surface area (Å²) in [6, 6.07) is 9.67. The Morgan fingerprint density at radius 3 is 2.68 bits per heavy atom. The topological polar surface area (TPSA) is 75.1 Å². The molecule has 0 radical (unpaired) electrons. The standard InChI is InChI=1S/C17H21N3O2/c1-4-12(3)18-16-10-14(17(21)22)19-15(20-16)9-13-8-6-5-7-11(13)2/h5-8,10,12H,4,9H2,1-3H3,(H,21,22)(H,18,19,20). The van der Waals surface area contributed by atoms with Crippen molar-refractivity contribution in [3.8, 4) is 0 Å². The first kappa shape index (κ1) is 15.9. The first-order valence-electron chi connectivity index (χ1n) is 7.42. The molecule has 0 aliphatic rings. The number of carboxylic acids is 1. The fourth-order valence-corrected chi connectivity index (χ4v) is 2.09. The van der Waals surface area contributed by atoms with Crippen molar-refractivity contribution < 1.29 is 9.90 Å². The summed E-state index contributed by atoms with van der Waals surface area (Å²) in [5, 5.41) is 12.4. The van der Waals surface area contributed by atoms with Gasteiger partial charge in [-0.05, 0) is 31.4 Å². The van der Waals surface area contributed by atoms with E-state index in [2.05, 4.69) is 22.2 Å². The number of hydrogen-bond acceptors (Lipinski definition) is 4. The van der Waals surface area contributed by atoms with Crippen molar-refractivity contribution in [3.63, 3.8) is 0 Å². The second-order valence-electron chi connectivity index (χ2n) is 5.42. The zero-order chi connectivity index (χ0) is 16.1. The van der Waals surface area contributed by atoms with Crippen LogP contribution >= 0.6 is 0 Å². The van der Waals surface area contributed by atoms with Gasteiger partial charge in [0.1, 0.15) is 11.6 Å². The molecule has 0 aliphatic carbocycles. The number of aromatic carboxylic acids is 1. The number of nitrogens with zero attached hydrogens (tertiary/aromatic N) is 2. The minimum absolute atomic E-state index is 0.0180. The van der Waals surface area contributed by atoms with Gasteiger partial charge in [-0.1, -0.05) is 31.2 Å². The van der Waals surface area contributed by atoms with Crippen LogP contribution in [0.15, 0.2) is 30.3 Å². The second-order valence-corrected chi connectivity index (χ2v) is 5.42. The summed E-state index contributed by atoms with van der Waals surface area (Å²) < 4.78 is 0. The summed E-state index contributed by atoms with van der Waals surface area (Å²) in [4.78, 5) is 19.9. The summed E-state index contributed by atoms with van der Waals surface area (Å²) in [7, 11) is 0. The molecule has 2 rings (SSSR count). The predicted molar refractivity (Wildman–Crippen MR) is 86.4 cm³/mol. The van der Waals surface area contributed by atoms with E-state index in [1.807, 2.05) is 38.1 Å². The van der Waals surface area contributed by atoms with E-state index in [1.54, 1.807) is 0 Å². The summed E-state index contributed by atoms with van der Waals surface area (Å²) in [6.07, 6.45) is 1.45. The van der Waals surface area contributed by atoms with Crippen LogP contribution in [-0.2, 0) is 6.42 Å². The number of aromatic nitrogens is 2. The molecule has 1 aromatic heterocycles. The van der Waals surface area contributed by atoms with E-state index in [4.69, 9.17) is 0 Å². The van der Waals surface area contributed by atoms with E-state index in [-0.39, 0.29) is 11.7 Å². The minimum Gasteiger partial charge on any atom is -0.477 e. The molecule has 1 atom stereocenters. The molecule has 0 amide bonds. The molecule has 1 unspecified atom stereocenters. The average molecular weight is 299 g/mol. The van der Waals surface area contributed by atoms with Crippen molar-refractivity contribution in [2.75, 3.05) is 5.32 Å². The Morgan fingerprint density at radius 1 is 1.32 bits per heavy atom. The monoisotopic (exact) mass is 299 g/mol. The molecular formula is C17H21N3O2. The van der Waals surface area contributed by atoms with Gasteiger partial charge in [0.25, 0.3) is 0 Å². The van der Waals surface area contributed by atoms with Crippen molar-refractivity contribution in [2.24, 2.45) is 0 Å². The predicted octanol–water partition coefficient (Wildman–Crippen LogP) is 3.28. The molecule has 22 heavy (non-hydrogen) atoms. The van der Waals surface area contributed by atoms with Crippen LogP contribution in [0.5, 0.6) is 0 Å². The molecule has 0 saturated carbocycles. The highest BCUT2D eigenvalue weighted by atomic mass is 16.4. The van der Waals surface area contributed by atoms with E-state index in [1.165, 1.54) is 6.07 Å². The molecule has 5 nitrogen and oxygen atoms in total. The molecule has 0 saturated heterocycles. The molecule has 0 aliphatic heterocycles. The number of anilines is 1. The zero-order valence-electron chi connectivity index (χ0n) is 13.1. The first-order chi connectivity index (χ1) is 10.5. The normalized spacial score (nSPS) is 12.0. The fraction of sp³-hybridized carbons (Fsp3) is 0.353. The number of rotatable bonds is 6. The van der Waals surface area contributed by atoms with Gasteiger partial charge < -0.3 is 10.4 Å². The highest BCUT2D eigenvalue weighted by molar-refractivity contribution is 5.86. The Kier molecular flexibility index (Phi) is 5.09. The van der Waals surface area contributed by atoms with Crippen LogP contribution in [0.2, 0.25) is 0 Å². The van der Waals surface area contributed by atoms with Gasteiger partial charge in [-0.15, -0.1) is 0 Å².